The van der Waals surface area contributed by atoms with Gasteiger partial charge in [-0.2, -0.15) is 0 Å². The van der Waals surface area contributed by atoms with E-state index in [-0.39, 0.29) is 17.2 Å². The van der Waals surface area contributed by atoms with Gasteiger partial charge in [0.25, 0.3) is 10.0 Å². The van der Waals surface area contributed by atoms with Gasteiger partial charge in [-0.05, 0) is 54.6 Å². The maximum Gasteiger partial charge on any atom is 0.264 e. The number of anilines is 2. The van der Waals surface area contributed by atoms with Crippen LogP contribution in [0.5, 0.6) is 0 Å². The minimum absolute atomic E-state index is 0.00670. The molecule has 8 heteroatoms. The van der Waals surface area contributed by atoms with Crippen LogP contribution < -0.4 is 9.62 Å². The highest BCUT2D eigenvalue weighted by Gasteiger charge is 2.21. The summed E-state index contributed by atoms with van der Waals surface area (Å²) in [6, 6.07) is 18.8. The number of fused-ring (bicyclic) bond motifs is 1. The van der Waals surface area contributed by atoms with Gasteiger partial charge in [-0.25, -0.2) is 12.8 Å². The van der Waals surface area contributed by atoms with Crippen molar-refractivity contribution in [3.8, 4) is 0 Å². The lowest BCUT2D eigenvalue weighted by atomic mass is 10.1. The summed E-state index contributed by atoms with van der Waals surface area (Å²) in [5.74, 6) is -0.739. The van der Waals surface area contributed by atoms with E-state index in [0.29, 0.717) is 27.9 Å². The standard InChI is InChI=1S/C23H19FN2O4S/c1-26(19-5-3-2-4-6-19)31(28,29)20-10-8-18(9-11-20)25-23(27)13-16-15-30-22-12-7-17(24)14-21(16)22/h2-12,14-15H,13H2,1H3,(H,25,27). The molecule has 1 amide bonds. The first-order valence-electron chi connectivity index (χ1n) is 9.44. The number of sulfonamides is 1. The Kier molecular flexibility index (Phi) is 5.48. The average Bonchev–Trinajstić information content (AvgIpc) is 3.15. The van der Waals surface area contributed by atoms with Crippen molar-refractivity contribution in [2.45, 2.75) is 11.3 Å². The number of benzene rings is 3. The molecule has 0 radical (unpaired) electrons. The van der Waals surface area contributed by atoms with Crippen molar-refractivity contribution in [2.24, 2.45) is 0 Å². The molecule has 0 fully saturated rings. The molecule has 0 bridgehead atoms. The molecule has 158 valence electrons. The summed E-state index contributed by atoms with van der Waals surface area (Å²) < 4.78 is 45.7. The molecule has 31 heavy (non-hydrogen) atoms. The number of amides is 1. The van der Waals surface area contributed by atoms with E-state index in [1.165, 1.54) is 60.1 Å². The van der Waals surface area contributed by atoms with E-state index in [2.05, 4.69) is 5.32 Å². The average molecular weight is 438 g/mol. The van der Waals surface area contributed by atoms with Crippen LogP contribution in [0, 0.1) is 5.82 Å². The van der Waals surface area contributed by atoms with Gasteiger partial charge in [0.05, 0.1) is 23.3 Å². The van der Waals surface area contributed by atoms with Gasteiger partial charge in [-0.3, -0.25) is 9.10 Å². The van der Waals surface area contributed by atoms with Gasteiger partial charge in [0.1, 0.15) is 11.4 Å². The van der Waals surface area contributed by atoms with Crippen molar-refractivity contribution >= 4 is 38.3 Å². The van der Waals surface area contributed by atoms with Crippen molar-refractivity contribution < 1.29 is 22.0 Å². The van der Waals surface area contributed by atoms with E-state index >= 15 is 0 Å². The Morgan fingerprint density at radius 3 is 2.45 bits per heavy atom. The molecule has 0 aliphatic heterocycles. The smallest absolute Gasteiger partial charge is 0.264 e. The van der Waals surface area contributed by atoms with Crippen LogP contribution >= 0.6 is 0 Å². The lowest BCUT2D eigenvalue weighted by Gasteiger charge is -2.19. The zero-order valence-electron chi connectivity index (χ0n) is 16.6. The Balaban J connectivity index is 1.46. The van der Waals surface area contributed by atoms with Gasteiger partial charge in [0.15, 0.2) is 0 Å². The molecule has 1 N–H and O–H groups in total. The van der Waals surface area contributed by atoms with Gasteiger partial charge in [-0.15, -0.1) is 0 Å². The predicted octanol–water partition coefficient (Wildman–Crippen LogP) is 4.58. The molecular weight excluding hydrogens is 419 g/mol. The van der Waals surface area contributed by atoms with Crippen LogP contribution in [0.15, 0.2) is 88.4 Å². The fraction of sp³-hybridized carbons (Fsp3) is 0.0870. The molecule has 0 atom stereocenters. The first-order valence-corrected chi connectivity index (χ1v) is 10.9. The minimum Gasteiger partial charge on any atom is -0.464 e. The van der Waals surface area contributed by atoms with E-state index in [1.807, 2.05) is 6.07 Å². The van der Waals surface area contributed by atoms with Gasteiger partial charge in [0, 0.05) is 23.7 Å². The summed E-state index contributed by atoms with van der Waals surface area (Å²) in [5, 5.41) is 3.26. The lowest BCUT2D eigenvalue weighted by Crippen LogP contribution is -2.26. The lowest BCUT2D eigenvalue weighted by molar-refractivity contribution is -0.115. The van der Waals surface area contributed by atoms with Crippen LogP contribution in [0.4, 0.5) is 15.8 Å². The van der Waals surface area contributed by atoms with Gasteiger partial charge < -0.3 is 9.73 Å². The van der Waals surface area contributed by atoms with E-state index in [9.17, 15) is 17.6 Å². The van der Waals surface area contributed by atoms with Crippen molar-refractivity contribution in [3.05, 3.63) is 90.4 Å². The molecule has 4 rings (SSSR count). The molecule has 0 unspecified atom stereocenters. The van der Waals surface area contributed by atoms with E-state index < -0.39 is 15.8 Å². The fourth-order valence-electron chi connectivity index (χ4n) is 3.21. The van der Waals surface area contributed by atoms with E-state index in [4.69, 9.17) is 4.42 Å². The fourth-order valence-corrected chi connectivity index (χ4v) is 4.41. The number of nitrogens with one attached hydrogen (secondary N) is 1. The number of carbonyl (C=O) groups is 1. The summed E-state index contributed by atoms with van der Waals surface area (Å²) in [6.07, 6.45) is 1.42. The second-order valence-electron chi connectivity index (χ2n) is 6.96. The zero-order valence-corrected chi connectivity index (χ0v) is 17.4. The van der Waals surface area contributed by atoms with E-state index in [1.54, 1.807) is 24.3 Å². The second kappa shape index (κ2) is 8.23. The minimum atomic E-state index is -3.73. The monoisotopic (exact) mass is 438 g/mol. The molecule has 0 spiro atoms. The molecule has 0 aliphatic carbocycles. The number of hydrogen-bond acceptors (Lipinski definition) is 4. The number of furan rings is 1. The van der Waals surface area contributed by atoms with Crippen molar-refractivity contribution in [2.75, 3.05) is 16.7 Å². The molecular formula is C23H19FN2O4S. The predicted molar refractivity (Wildman–Crippen MR) is 117 cm³/mol. The Bertz CT molecular complexity index is 1330. The molecule has 0 aliphatic rings. The van der Waals surface area contributed by atoms with Gasteiger partial charge in [0.2, 0.25) is 5.91 Å². The third-order valence-corrected chi connectivity index (χ3v) is 6.68. The van der Waals surface area contributed by atoms with Crippen molar-refractivity contribution in [1.29, 1.82) is 0 Å². The van der Waals surface area contributed by atoms with Crippen molar-refractivity contribution in [3.63, 3.8) is 0 Å². The molecule has 1 heterocycles. The van der Waals surface area contributed by atoms with Crippen LogP contribution in [-0.4, -0.2) is 21.4 Å². The highest BCUT2D eigenvalue weighted by atomic mass is 32.2. The number of carbonyl (C=O) groups excluding carboxylic acids is 1. The molecule has 1 aromatic heterocycles. The summed E-state index contributed by atoms with van der Waals surface area (Å²) >= 11 is 0. The third kappa shape index (κ3) is 4.29. The summed E-state index contributed by atoms with van der Waals surface area (Å²) in [7, 11) is -2.25. The summed E-state index contributed by atoms with van der Waals surface area (Å²) in [6.45, 7) is 0. The maximum atomic E-state index is 13.5. The topological polar surface area (TPSA) is 79.6 Å². The Labute approximate surface area is 179 Å². The maximum absolute atomic E-state index is 13.5. The Morgan fingerprint density at radius 2 is 1.74 bits per heavy atom. The Morgan fingerprint density at radius 1 is 1.03 bits per heavy atom. The number of hydrogen-bond donors (Lipinski definition) is 1. The first kappa shape index (κ1) is 20.6. The first-order chi connectivity index (χ1) is 14.8. The molecule has 6 nitrogen and oxygen atoms in total. The molecule has 4 aromatic rings. The normalized spacial score (nSPS) is 11.4. The summed E-state index contributed by atoms with van der Waals surface area (Å²) in [5.41, 5.74) is 2.06. The van der Waals surface area contributed by atoms with E-state index in [0.717, 1.165) is 0 Å². The van der Waals surface area contributed by atoms with Crippen LogP contribution in [0.3, 0.4) is 0 Å². The number of rotatable bonds is 6. The van der Waals surface area contributed by atoms with Crippen LogP contribution in [-0.2, 0) is 21.2 Å². The second-order valence-corrected chi connectivity index (χ2v) is 8.93. The van der Waals surface area contributed by atoms with Crippen LogP contribution in [0.25, 0.3) is 11.0 Å². The van der Waals surface area contributed by atoms with Crippen molar-refractivity contribution in [1.82, 2.24) is 0 Å². The quantitative estimate of drug-likeness (QED) is 0.478. The Hall–Kier alpha value is -3.65. The van der Waals surface area contributed by atoms with Gasteiger partial charge >= 0.3 is 0 Å². The summed E-state index contributed by atoms with van der Waals surface area (Å²) in [4.78, 5) is 12.5. The molecule has 0 saturated carbocycles. The third-order valence-electron chi connectivity index (χ3n) is 4.88. The SMILES string of the molecule is CN(c1ccccc1)S(=O)(=O)c1ccc(NC(=O)Cc2coc3ccc(F)cc23)cc1. The van der Waals surface area contributed by atoms with Gasteiger partial charge in [-0.1, -0.05) is 18.2 Å². The number of nitrogens with zero attached hydrogens (tertiary/aromatic N) is 1. The highest BCUT2D eigenvalue weighted by molar-refractivity contribution is 7.92. The number of para-hydroxylation sites is 1. The number of halogens is 1. The zero-order chi connectivity index (χ0) is 22.0. The van der Waals surface area contributed by atoms with Crippen LogP contribution in [0.1, 0.15) is 5.56 Å². The molecule has 0 saturated heterocycles. The molecule has 3 aromatic carbocycles. The highest BCUT2D eigenvalue weighted by Crippen LogP contribution is 2.24. The largest absolute Gasteiger partial charge is 0.464 e. The van der Waals surface area contributed by atoms with Crippen LogP contribution in [0.2, 0.25) is 0 Å².